The number of benzene rings is 2. The number of hydrogen-bond donors (Lipinski definition) is 2. The minimum absolute atomic E-state index is 0.482. The Kier molecular flexibility index (Phi) is 3.46. The molecule has 0 amide bonds. The topological polar surface area (TPSA) is 74.7 Å². The maximum atomic E-state index is 9.30. The fraction of sp³-hybridized carbons (Fsp3) is 0. The van der Waals surface area contributed by atoms with Crippen molar-refractivity contribution in [1.82, 2.24) is 4.98 Å². The molecule has 0 unspecified atom stereocenters. The standard InChI is InChI=1S/C16H11BrN4/c17-11-4-6-12(7-5-11)21-15-10(8-18)9-20-16-13(15)2-1-3-14(16)19/h1-7,9H,19H2,(H,20,21). The van der Waals surface area contributed by atoms with Crippen molar-refractivity contribution in [2.24, 2.45) is 0 Å². The molecule has 0 saturated carbocycles. The predicted octanol–water partition coefficient (Wildman–Crippen LogP) is 4.19. The Morgan fingerprint density at radius 2 is 1.90 bits per heavy atom. The minimum Gasteiger partial charge on any atom is -0.397 e. The van der Waals surface area contributed by atoms with Gasteiger partial charge in [-0.25, -0.2) is 0 Å². The summed E-state index contributed by atoms with van der Waals surface area (Å²) in [5, 5.41) is 13.4. The van der Waals surface area contributed by atoms with Crippen LogP contribution in [0.3, 0.4) is 0 Å². The summed E-state index contributed by atoms with van der Waals surface area (Å²) in [6.07, 6.45) is 1.54. The zero-order valence-electron chi connectivity index (χ0n) is 11.0. The number of fused-ring (bicyclic) bond motifs is 1. The molecule has 0 saturated heterocycles. The molecule has 4 nitrogen and oxygen atoms in total. The average molecular weight is 339 g/mol. The highest BCUT2D eigenvalue weighted by Crippen LogP contribution is 2.31. The molecule has 0 bridgehead atoms. The molecule has 3 rings (SSSR count). The first kappa shape index (κ1) is 13.4. The second-order valence-electron chi connectivity index (χ2n) is 4.53. The first-order valence-electron chi connectivity index (χ1n) is 6.29. The lowest BCUT2D eigenvalue weighted by atomic mass is 10.1. The third kappa shape index (κ3) is 2.54. The van der Waals surface area contributed by atoms with Crippen LogP contribution in [0.4, 0.5) is 17.1 Å². The van der Waals surface area contributed by atoms with Crippen LogP contribution >= 0.6 is 15.9 Å². The number of nitrogens with one attached hydrogen (secondary N) is 1. The van der Waals surface area contributed by atoms with Gasteiger partial charge in [-0.05, 0) is 30.3 Å². The van der Waals surface area contributed by atoms with Gasteiger partial charge >= 0.3 is 0 Å². The highest BCUT2D eigenvalue weighted by atomic mass is 79.9. The van der Waals surface area contributed by atoms with Crippen LogP contribution in [0.2, 0.25) is 0 Å². The summed E-state index contributed by atoms with van der Waals surface area (Å²) in [6.45, 7) is 0. The molecule has 0 aliphatic heterocycles. The number of pyridine rings is 1. The van der Waals surface area contributed by atoms with Crippen LogP contribution in [-0.2, 0) is 0 Å². The van der Waals surface area contributed by atoms with Crippen molar-refractivity contribution in [2.45, 2.75) is 0 Å². The molecule has 21 heavy (non-hydrogen) atoms. The maximum Gasteiger partial charge on any atom is 0.103 e. The van der Waals surface area contributed by atoms with Crippen molar-refractivity contribution in [3.8, 4) is 6.07 Å². The van der Waals surface area contributed by atoms with E-state index < -0.39 is 0 Å². The molecule has 0 fully saturated rings. The van der Waals surface area contributed by atoms with E-state index in [2.05, 4.69) is 32.3 Å². The lowest BCUT2D eigenvalue weighted by molar-refractivity contribution is 1.36. The predicted molar refractivity (Wildman–Crippen MR) is 88.3 cm³/mol. The lowest BCUT2D eigenvalue weighted by Gasteiger charge is -2.12. The van der Waals surface area contributed by atoms with Gasteiger partial charge in [0.15, 0.2) is 0 Å². The first-order chi connectivity index (χ1) is 10.2. The summed E-state index contributed by atoms with van der Waals surface area (Å²) in [7, 11) is 0. The molecule has 1 aromatic heterocycles. The lowest BCUT2D eigenvalue weighted by Crippen LogP contribution is -1.98. The van der Waals surface area contributed by atoms with E-state index in [0.29, 0.717) is 16.8 Å². The summed E-state index contributed by atoms with van der Waals surface area (Å²) in [4.78, 5) is 4.27. The molecule has 0 aliphatic rings. The summed E-state index contributed by atoms with van der Waals surface area (Å²) in [5.41, 5.74) is 9.33. The van der Waals surface area contributed by atoms with E-state index in [1.165, 1.54) is 0 Å². The molecule has 3 N–H and O–H groups in total. The van der Waals surface area contributed by atoms with Gasteiger partial charge in [0.25, 0.3) is 0 Å². The van der Waals surface area contributed by atoms with E-state index in [0.717, 1.165) is 21.2 Å². The van der Waals surface area contributed by atoms with Crippen LogP contribution in [0.1, 0.15) is 5.56 Å². The number of nitrogens with two attached hydrogens (primary N) is 1. The highest BCUT2D eigenvalue weighted by molar-refractivity contribution is 9.10. The van der Waals surface area contributed by atoms with E-state index in [1.54, 1.807) is 12.3 Å². The van der Waals surface area contributed by atoms with Gasteiger partial charge < -0.3 is 11.1 Å². The largest absolute Gasteiger partial charge is 0.397 e. The van der Waals surface area contributed by atoms with Crippen molar-refractivity contribution in [3.63, 3.8) is 0 Å². The zero-order valence-corrected chi connectivity index (χ0v) is 12.6. The number of para-hydroxylation sites is 1. The average Bonchev–Trinajstić information content (AvgIpc) is 2.50. The third-order valence-corrected chi connectivity index (χ3v) is 3.69. The first-order valence-corrected chi connectivity index (χ1v) is 7.08. The van der Waals surface area contributed by atoms with Crippen LogP contribution in [0, 0.1) is 11.3 Å². The number of nitrogen functional groups attached to an aromatic ring is 1. The molecule has 1 heterocycles. The molecular formula is C16H11BrN4. The monoisotopic (exact) mass is 338 g/mol. The number of nitriles is 1. The molecule has 0 spiro atoms. The molecule has 5 heteroatoms. The van der Waals surface area contributed by atoms with Crippen molar-refractivity contribution >= 4 is 43.9 Å². The Labute approximate surface area is 130 Å². The minimum atomic E-state index is 0.482. The molecule has 0 aliphatic carbocycles. The van der Waals surface area contributed by atoms with Crippen LogP contribution in [0.15, 0.2) is 53.1 Å². The number of hydrogen-bond acceptors (Lipinski definition) is 4. The van der Waals surface area contributed by atoms with Crippen LogP contribution in [0.5, 0.6) is 0 Å². The Hall–Kier alpha value is -2.58. The highest BCUT2D eigenvalue weighted by Gasteiger charge is 2.10. The van der Waals surface area contributed by atoms with Crippen molar-refractivity contribution in [1.29, 1.82) is 5.26 Å². The van der Waals surface area contributed by atoms with E-state index in [-0.39, 0.29) is 0 Å². The van der Waals surface area contributed by atoms with Crippen LogP contribution in [0.25, 0.3) is 10.9 Å². The number of halogens is 1. The van der Waals surface area contributed by atoms with Crippen LogP contribution < -0.4 is 11.1 Å². The Bertz CT molecular complexity index is 851. The van der Waals surface area contributed by atoms with E-state index in [9.17, 15) is 5.26 Å². The van der Waals surface area contributed by atoms with E-state index >= 15 is 0 Å². The summed E-state index contributed by atoms with van der Waals surface area (Å²) >= 11 is 3.40. The van der Waals surface area contributed by atoms with Gasteiger partial charge in [0.2, 0.25) is 0 Å². The van der Waals surface area contributed by atoms with E-state index in [1.807, 2.05) is 36.4 Å². The van der Waals surface area contributed by atoms with Crippen molar-refractivity contribution in [2.75, 3.05) is 11.1 Å². The molecule has 0 radical (unpaired) electrons. The SMILES string of the molecule is N#Cc1cnc2c(N)cccc2c1Nc1ccc(Br)cc1. The Balaban J connectivity index is 2.18. The van der Waals surface area contributed by atoms with Gasteiger partial charge in [0.1, 0.15) is 6.07 Å². The van der Waals surface area contributed by atoms with Gasteiger partial charge in [-0.15, -0.1) is 0 Å². The van der Waals surface area contributed by atoms with Gasteiger partial charge in [0, 0.05) is 21.7 Å². The van der Waals surface area contributed by atoms with Gasteiger partial charge in [-0.1, -0.05) is 28.1 Å². The fourth-order valence-corrected chi connectivity index (χ4v) is 2.41. The summed E-state index contributed by atoms with van der Waals surface area (Å²) in [6, 6.07) is 15.5. The number of rotatable bonds is 2. The number of aromatic nitrogens is 1. The third-order valence-electron chi connectivity index (χ3n) is 3.16. The smallest absolute Gasteiger partial charge is 0.103 e. The maximum absolute atomic E-state index is 9.30. The van der Waals surface area contributed by atoms with Gasteiger partial charge in [-0.3, -0.25) is 4.98 Å². The molecular weight excluding hydrogens is 328 g/mol. The zero-order chi connectivity index (χ0) is 14.8. The second-order valence-corrected chi connectivity index (χ2v) is 5.45. The van der Waals surface area contributed by atoms with E-state index in [4.69, 9.17) is 5.73 Å². The van der Waals surface area contributed by atoms with Gasteiger partial charge in [-0.2, -0.15) is 5.26 Å². The Morgan fingerprint density at radius 3 is 2.62 bits per heavy atom. The van der Waals surface area contributed by atoms with Crippen molar-refractivity contribution < 1.29 is 0 Å². The van der Waals surface area contributed by atoms with Crippen LogP contribution in [-0.4, -0.2) is 4.98 Å². The van der Waals surface area contributed by atoms with Gasteiger partial charge in [0.05, 0.1) is 22.5 Å². The fourth-order valence-electron chi connectivity index (χ4n) is 2.14. The summed E-state index contributed by atoms with van der Waals surface area (Å²) in [5.74, 6) is 0. The second kappa shape index (κ2) is 5.43. The van der Waals surface area contributed by atoms with Crippen molar-refractivity contribution in [3.05, 3.63) is 58.7 Å². The molecule has 3 aromatic rings. The normalized spacial score (nSPS) is 10.3. The Morgan fingerprint density at radius 1 is 1.14 bits per heavy atom. The molecule has 0 atom stereocenters. The number of nitrogens with zero attached hydrogens (tertiary/aromatic N) is 2. The number of anilines is 3. The molecule has 102 valence electrons. The molecule has 2 aromatic carbocycles. The quantitative estimate of drug-likeness (QED) is 0.687. The summed E-state index contributed by atoms with van der Waals surface area (Å²) < 4.78 is 0.998.